The fourth-order valence-electron chi connectivity index (χ4n) is 2.43. The predicted molar refractivity (Wildman–Crippen MR) is 56.2 cm³/mol. The van der Waals surface area contributed by atoms with Crippen LogP contribution in [0.25, 0.3) is 0 Å². The topological polar surface area (TPSA) is 42.2 Å². The highest BCUT2D eigenvalue weighted by atomic mass is 19.1. The number of alkyl halides is 1. The van der Waals surface area contributed by atoms with E-state index >= 15 is 0 Å². The number of rotatable bonds is 1. The van der Waals surface area contributed by atoms with Gasteiger partial charge in [0.05, 0.1) is 25.2 Å². The molecule has 3 unspecified atom stereocenters. The smallest absolute Gasteiger partial charge is 0.160 e. The zero-order valence-corrected chi connectivity index (χ0v) is 9.56. The van der Waals surface area contributed by atoms with Crippen molar-refractivity contribution in [2.45, 2.75) is 38.6 Å². The average molecular weight is 227 g/mol. The van der Waals surface area contributed by atoms with Gasteiger partial charge in [-0.05, 0) is 19.3 Å². The molecule has 4 heteroatoms. The minimum Gasteiger partial charge on any atom is -0.352 e. The summed E-state index contributed by atoms with van der Waals surface area (Å²) in [6, 6.07) is 2.03. The second-order valence-corrected chi connectivity index (χ2v) is 4.96. The Morgan fingerprint density at radius 3 is 2.50 bits per heavy atom. The fraction of sp³-hybridized carbons (Fsp3) is 0.917. The molecule has 90 valence electrons. The summed E-state index contributed by atoms with van der Waals surface area (Å²) in [5.41, 5.74) is 0. The fourth-order valence-corrected chi connectivity index (χ4v) is 2.43. The maximum absolute atomic E-state index is 13.6. The molecule has 2 fully saturated rings. The molecule has 0 aromatic rings. The van der Waals surface area contributed by atoms with Gasteiger partial charge in [0.1, 0.15) is 6.17 Å². The van der Waals surface area contributed by atoms with E-state index in [1.54, 1.807) is 0 Å². The first-order valence-electron chi connectivity index (χ1n) is 5.97. The van der Waals surface area contributed by atoms with Crippen molar-refractivity contribution in [3.63, 3.8) is 0 Å². The average Bonchev–Trinajstić information content (AvgIpc) is 2.30. The first-order valence-corrected chi connectivity index (χ1v) is 5.97. The van der Waals surface area contributed by atoms with E-state index in [0.29, 0.717) is 32.0 Å². The van der Waals surface area contributed by atoms with Gasteiger partial charge in [-0.2, -0.15) is 5.26 Å². The Hall–Kier alpha value is -0.660. The Morgan fingerprint density at radius 1 is 1.25 bits per heavy atom. The number of hydrogen-bond donors (Lipinski definition) is 0. The van der Waals surface area contributed by atoms with Gasteiger partial charge < -0.3 is 9.47 Å². The third kappa shape index (κ3) is 2.53. The molecule has 2 aliphatic rings. The third-order valence-corrected chi connectivity index (χ3v) is 3.45. The molecule has 16 heavy (non-hydrogen) atoms. The molecule has 1 heterocycles. The van der Waals surface area contributed by atoms with Crippen LogP contribution in [0.5, 0.6) is 0 Å². The van der Waals surface area contributed by atoms with E-state index in [1.807, 2.05) is 6.07 Å². The molecule has 0 spiro atoms. The van der Waals surface area contributed by atoms with E-state index in [1.165, 1.54) is 0 Å². The molecule has 3 atom stereocenters. The lowest BCUT2D eigenvalue weighted by molar-refractivity contribution is -0.229. The van der Waals surface area contributed by atoms with Crippen molar-refractivity contribution in [3.05, 3.63) is 0 Å². The minimum atomic E-state index is -1.02. The van der Waals surface area contributed by atoms with Crippen molar-refractivity contribution < 1.29 is 13.9 Å². The Balaban J connectivity index is 1.86. The summed E-state index contributed by atoms with van der Waals surface area (Å²) in [7, 11) is 0. The zero-order valence-electron chi connectivity index (χ0n) is 9.56. The maximum atomic E-state index is 13.6. The monoisotopic (exact) mass is 227 g/mol. The molecule has 0 bridgehead atoms. The zero-order chi connectivity index (χ0) is 11.5. The number of nitriles is 1. The van der Waals surface area contributed by atoms with Crippen LogP contribution in [-0.4, -0.2) is 25.7 Å². The van der Waals surface area contributed by atoms with Crippen molar-refractivity contribution >= 4 is 0 Å². The summed E-state index contributed by atoms with van der Waals surface area (Å²) in [5.74, 6) is 0.110. The van der Waals surface area contributed by atoms with Crippen molar-refractivity contribution in [2.75, 3.05) is 13.2 Å². The maximum Gasteiger partial charge on any atom is 0.160 e. The van der Waals surface area contributed by atoms with Crippen LogP contribution in [0.4, 0.5) is 4.39 Å². The van der Waals surface area contributed by atoms with Crippen molar-refractivity contribution in [1.29, 1.82) is 5.26 Å². The number of nitrogens with zero attached hydrogens (tertiary/aromatic N) is 1. The molecule has 0 N–H and O–H groups in total. The summed E-state index contributed by atoms with van der Waals surface area (Å²) < 4.78 is 24.7. The van der Waals surface area contributed by atoms with Gasteiger partial charge in [0.15, 0.2) is 6.29 Å². The van der Waals surface area contributed by atoms with Crippen LogP contribution >= 0.6 is 0 Å². The number of ether oxygens (including phenoxy) is 2. The molecule has 1 saturated heterocycles. The molecule has 2 rings (SSSR count). The van der Waals surface area contributed by atoms with Crippen LogP contribution in [0.3, 0.4) is 0 Å². The van der Waals surface area contributed by atoms with E-state index in [9.17, 15) is 4.39 Å². The van der Waals surface area contributed by atoms with E-state index in [0.717, 1.165) is 6.42 Å². The van der Waals surface area contributed by atoms with Crippen LogP contribution in [0, 0.1) is 29.1 Å². The van der Waals surface area contributed by atoms with Crippen molar-refractivity contribution in [2.24, 2.45) is 17.8 Å². The summed E-state index contributed by atoms with van der Waals surface area (Å²) in [6.07, 6.45) is 0.584. The quantitative estimate of drug-likeness (QED) is 0.690. The lowest BCUT2D eigenvalue weighted by Crippen LogP contribution is -2.40. The minimum absolute atomic E-state index is 0.118. The van der Waals surface area contributed by atoms with Crippen LogP contribution < -0.4 is 0 Å². The highest BCUT2D eigenvalue weighted by molar-refractivity contribution is 4.94. The van der Waals surface area contributed by atoms with Crippen LogP contribution in [0.15, 0.2) is 0 Å². The second-order valence-electron chi connectivity index (χ2n) is 4.96. The Labute approximate surface area is 95.5 Å². The van der Waals surface area contributed by atoms with Gasteiger partial charge in [0.2, 0.25) is 0 Å². The van der Waals surface area contributed by atoms with Gasteiger partial charge >= 0.3 is 0 Å². The molecule has 3 nitrogen and oxygen atoms in total. The van der Waals surface area contributed by atoms with Gasteiger partial charge in [-0.25, -0.2) is 4.39 Å². The first kappa shape index (κ1) is 11.8. The lowest BCUT2D eigenvalue weighted by Gasteiger charge is -2.36. The SMILES string of the molecule is CC1COC(C2CCC(C#N)C(F)C2)OC1. The Kier molecular flexibility index (Phi) is 3.78. The van der Waals surface area contributed by atoms with E-state index in [-0.39, 0.29) is 12.2 Å². The Bertz CT molecular complexity index is 271. The van der Waals surface area contributed by atoms with Crippen LogP contribution in [0.1, 0.15) is 26.2 Å². The van der Waals surface area contributed by atoms with E-state index in [2.05, 4.69) is 6.92 Å². The number of hydrogen-bond acceptors (Lipinski definition) is 3. The molecular formula is C12H18FNO2. The largest absolute Gasteiger partial charge is 0.352 e. The molecule has 1 aliphatic heterocycles. The van der Waals surface area contributed by atoms with Crippen molar-refractivity contribution in [3.8, 4) is 6.07 Å². The molecule has 0 aromatic heterocycles. The molecule has 1 saturated carbocycles. The van der Waals surface area contributed by atoms with Gasteiger partial charge in [-0.1, -0.05) is 6.92 Å². The first-order chi connectivity index (χ1) is 7.70. The number of halogens is 1. The van der Waals surface area contributed by atoms with Crippen LogP contribution in [-0.2, 0) is 9.47 Å². The summed E-state index contributed by atoms with van der Waals surface area (Å²) in [6.45, 7) is 3.46. The highest BCUT2D eigenvalue weighted by Crippen LogP contribution is 2.35. The van der Waals surface area contributed by atoms with E-state index < -0.39 is 12.1 Å². The summed E-state index contributed by atoms with van der Waals surface area (Å²) in [5, 5.41) is 8.74. The van der Waals surface area contributed by atoms with Crippen LogP contribution in [0.2, 0.25) is 0 Å². The second kappa shape index (κ2) is 5.11. The third-order valence-electron chi connectivity index (χ3n) is 3.45. The van der Waals surface area contributed by atoms with Gasteiger partial charge in [-0.3, -0.25) is 0 Å². The van der Waals surface area contributed by atoms with E-state index in [4.69, 9.17) is 14.7 Å². The lowest BCUT2D eigenvalue weighted by atomic mass is 9.81. The van der Waals surface area contributed by atoms with Gasteiger partial charge in [0.25, 0.3) is 0 Å². The molecule has 0 aromatic carbocycles. The standard InChI is InChI=1S/C12H18FNO2/c1-8-6-15-12(16-7-8)9-2-3-10(5-14)11(13)4-9/h8-12H,2-4,6-7H2,1H3. The van der Waals surface area contributed by atoms with Gasteiger partial charge in [0, 0.05) is 11.8 Å². The molecule has 0 amide bonds. The Morgan fingerprint density at radius 2 is 1.94 bits per heavy atom. The highest BCUT2D eigenvalue weighted by Gasteiger charge is 2.36. The molecule has 1 aliphatic carbocycles. The molecule has 0 radical (unpaired) electrons. The predicted octanol–water partition coefficient (Wildman–Crippen LogP) is 2.27. The van der Waals surface area contributed by atoms with Gasteiger partial charge in [-0.15, -0.1) is 0 Å². The summed E-state index contributed by atoms with van der Waals surface area (Å²) in [4.78, 5) is 0. The normalized spacial score (nSPS) is 44.9. The van der Waals surface area contributed by atoms with Crippen molar-refractivity contribution in [1.82, 2.24) is 0 Å². The molecular weight excluding hydrogens is 209 g/mol. The summed E-state index contributed by atoms with van der Waals surface area (Å²) >= 11 is 0.